The fourth-order valence-corrected chi connectivity index (χ4v) is 2.45. The second kappa shape index (κ2) is 5.42. The Hall–Kier alpha value is -1.40. The Labute approximate surface area is 123 Å². The lowest BCUT2D eigenvalue weighted by atomic mass is 10.00. The van der Waals surface area contributed by atoms with Crippen molar-refractivity contribution in [1.29, 1.82) is 0 Å². The first-order chi connectivity index (χ1) is 9.59. The van der Waals surface area contributed by atoms with Gasteiger partial charge in [0, 0.05) is 32.5 Å². The number of nitrogens with zero attached hydrogens (tertiary/aromatic N) is 2. The molecule has 0 N–H and O–H groups in total. The van der Waals surface area contributed by atoms with Gasteiger partial charge in [-0.3, -0.25) is 9.69 Å². The number of halogens is 2. The number of piperidine rings is 1. The molecule has 2 saturated heterocycles. The van der Waals surface area contributed by atoms with Crippen molar-refractivity contribution in [1.82, 2.24) is 9.80 Å². The van der Waals surface area contributed by atoms with Gasteiger partial charge in [-0.15, -0.1) is 0 Å². The van der Waals surface area contributed by atoms with Gasteiger partial charge >= 0.3 is 6.09 Å². The molecule has 0 bridgehead atoms. The Morgan fingerprint density at radius 1 is 1.14 bits per heavy atom. The Balaban J connectivity index is 1.90. The van der Waals surface area contributed by atoms with Crippen molar-refractivity contribution < 1.29 is 23.1 Å². The van der Waals surface area contributed by atoms with Crippen LogP contribution in [0.2, 0.25) is 0 Å². The fourth-order valence-electron chi connectivity index (χ4n) is 2.45. The minimum absolute atomic E-state index is 0.0461. The molecule has 2 fully saturated rings. The second-order valence-electron chi connectivity index (χ2n) is 6.66. The molecule has 2 rings (SSSR count). The van der Waals surface area contributed by atoms with Crippen LogP contribution in [0.4, 0.5) is 13.6 Å². The molecular formula is C14H22F2N2O3. The standard InChI is InChI=1S/C14H22F2N2O3/c1-13(2,3)21-12(20)18-7-4-10(18)11(19)17-8-5-14(15,16)6-9-17/h10H,4-9H2,1-3H3. The molecule has 0 aliphatic carbocycles. The first-order valence-electron chi connectivity index (χ1n) is 7.25. The predicted molar refractivity (Wildman–Crippen MR) is 72.1 cm³/mol. The molecule has 120 valence electrons. The van der Waals surface area contributed by atoms with E-state index < -0.39 is 23.7 Å². The molecular weight excluding hydrogens is 282 g/mol. The molecule has 7 heteroatoms. The van der Waals surface area contributed by atoms with E-state index in [0.29, 0.717) is 13.0 Å². The van der Waals surface area contributed by atoms with Crippen LogP contribution in [0.3, 0.4) is 0 Å². The van der Waals surface area contributed by atoms with Crippen molar-refractivity contribution >= 4 is 12.0 Å². The highest BCUT2D eigenvalue weighted by atomic mass is 19.3. The summed E-state index contributed by atoms with van der Waals surface area (Å²) in [6.45, 7) is 5.83. The van der Waals surface area contributed by atoms with Crippen molar-refractivity contribution in [3.05, 3.63) is 0 Å². The van der Waals surface area contributed by atoms with E-state index in [1.54, 1.807) is 20.8 Å². The van der Waals surface area contributed by atoms with Gasteiger partial charge in [-0.05, 0) is 27.2 Å². The molecule has 0 aromatic carbocycles. The van der Waals surface area contributed by atoms with E-state index in [0.717, 1.165) is 0 Å². The largest absolute Gasteiger partial charge is 0.444 e. The maximum Gasteiger partial charge on any atom is 0.410 e. The summed E-state index contributed by atoms with van der Waals surface area (Å²) in [5.41, 5.74) is -0.618. The number of carbonyl (C=O) groups excluding carboxylic acids is 2. The normalized spacial score (nSPS) is 25.3. The Morgan fingerprint density at radius 3 is 2.14 bits per heavy atom. The summed E-state index contributed by atoms with van der Waals surface area (Å²) >= 11 is 0. The maximum atomic E-state index is 13.1. The summed E-state index contributed by atoms with van der Waals surface area (Å²) in [4.78, 5) is 27.1. The number of amides is 2. The lowest BCUT2D eigenvalue weighted by Crippen LogP contribution is -2.61. The average Bonchev–Trinajstić information content (AvgIpc) is 2.24. The molecule has 2 aliphatic heterocycles. The van der Waals surface area contributed by atoms with Gasteiger partial charge in [-0.25, -0.2) is 13.6 Å². The lowest BCUT2D eigenvalue weighted by Gasteiger charge is -2.43. The zero-order valence-electron chi connectivity index (χ0n) is 12.7. The van der Waals surface area contributed by atoms with E-state index in [2.05, 4.69) is 0 Å². The number of alkyl halides is 2. The summed E-state index contributed by atoms with van der Waals surface area (Å²) < 4.78 is 31.5. The van der Waals surface area contributed by atoms with Crippen molar-refractivity contribution in [2.45, 2.75) is 57.6 Å². The molecule has 1 atom stereocenters. The second-order valence-corrected chi connectivity index (χ2v) is 6.66. The van der Waals surface area contributed by atoms with Crippen LogP contribution in [0, 0.1) is 0 Å². The predicted octanol–water partition coefficient (Wildman–Crippen LogP) is 2.25. The topological polar surface area (TPSA) is 49.9 Å². The molecule has 0 saturated carbocycles. The Bertz CT molecular complexity index is 424. The van der Waals surface area contributed by atoms with Crippen LogP contribution in [0.5, 0.6) is 0 Å². The summed E-state index contributed by atoms with van der Waals surface area (Å²) in [7, 11) is 0. The number of likely N-dealkylation sites (tertiary alicyclic amines) is 2. The number of hydrogen-bond donors (Lipinski definition) is 0. The zero-order valence-corrected chi connectivity index (χ0v) is 12.7. The van der Waals surface area contributed by atoms with Crippen molar-refractivity contribution in [3.8, 4) is 0 Å². The first-order valence-corrected chi connectivity index (χ1v) is 7.25. The van der Waals surface area contributed by atoms with Crippen molar-refractivity contribution in [2.75, 3.05) is 19.6 Å². The number of hydrogen-bond acceptors (Lipinski definition) is 3. The molecule has 0 aromatic rings. The summed E-state index contributed by atoms with van der Waals surface area (Å²) in [5, 5.41) is 0. The first kappa shape index (κ1) is 16.0. The van der Waals surface area contributed by atoms with Gasteiger partial charge in [0.2, 0.25) is 5.91 Å². The fraction of sp³-hybridized carbons (Fsp3) is 0.857. The van der Waals surface area contributed by atoms with E-state index in [1.165, 1.54) is 9.80 Å². The van der Waals surface area contributed by atoms with Gasteiger partial charge in [0.15, 0.2) is 0 Å². The minimum atomic E-state index is -2.68. The minimum Gasteiger partial charge on any atom is -0.444 e. The van der Waals surface area contributed by atoms with Crippen LogP contribution >= 0.6 is 0 Å². The van der Waals surface area contributed by atoms with Gasteiger partial charge in [-0.1, -0.05) is 0 Å². The van der Waals surface area contributed by atoms with Gasteiger partial charge in [0.1, 0.15) is 11.6 Å². The van der Waals surface area contributed by atoms with Gasteiger partial charge in [0.05, 0.1) is 0 Å². The van der Waals surface area contributed by atoms with E-state index >= 15 is 0 Å². The van der Waals surface area contributed by atoms with Crippen molar-refractivity contribution in [2.24, 2.45) is 0 Å². The molecule has 0 radical (unpaired) electrons. The van der Waals surface area contributed by atoms with Gasteiger partial charge in [-0.2, -0.15) is 0 Å². The third kappa shape index (κ3) is 3.83. The van der Waals surface area contributed by atoms with E-state index in [9.17, 15) is 18.4 Å². The molecule has 2 heterocycles. The van der Waals surface area contributed by atoms with Crippen LogP contribution in [0.1, 0.15) is 40.0 Å². The smallest absolute Gasteiger partial charge is 0.410 e. The third-order valence-electron chi connectivity index (χ3n) is 3.74. The van der Waals surface area contributed by atoms with Crippen LogP contribution in [-0.4, -0.2) is 59.0 Å². The van der Waals surface area contributed by atoms with Crippen LogP contribution < -0.4 is 0 Å². The van der Waals surface area contributed by atoms with Gasteiger partial charge < -0.3 is 9.64 Å². The number of carbonyl (C=O) groups is 2. The Morgan fingerprint density at radius 2 is 1.71 bits per heavy atom. The summed E-state index contributed by atoms with van der Waals surface area (Å²) in [5.74, 6) is -2.93. The van der Waals surface area contributed by atoms with E-state index in [1.807, 2.05) is 0 Å². The summed E-state index contributed by atoms with van der Waals surface area (Å²) in [6, 6.07) is -0.563. The lowest BCUT2D eigenvalue weighted by molar-refractivity contribution is -0.147. The highest BCUT2D eigenvalue weighted by Gasteiger charge is 2.44. The SMILES string of the molecule is CC(C)(C)OC(=O)N1CCC1C(=O)N1CCC(F)(F)CC1. The molecule has 5 nitrogen and oxygen atoms in total. The van der Waals surface area contributed by atoms with Gasteiger partial charge in [0.25, 0.3) is 5.92 Å². The van der Waals surface area contributed by atoms with E-state index in [-0.39, 0.29) is 31.8 Å². The molecule has 2 amide bonds. The van der Waals surface area contributed by atoms with Crippen molar-refractivity contribution in [3.63, 3.8) is 0 Å². The quantitative estimate of drug-likeness (QED) is 0.746. The van der Waals surface area contributed by atoms with Crippen LogP contribution in [0.15, 0.2) is 0 Å². The Kier molecular flexibility index (Phi) is 4.13. The summed E-state index contributed by atoms with van der Waals surface area (Å²) in [6.07, 6.45) is -0.574. The molecule has 1 unspecified atom stereocenters. The monoisotopic (exact) mass is 304 g/mol. The average molecular weight is 304 g/mol. The van der Waals surface area contributed by atoms with Crippen LogP contribution in [0.25, 0.3) is 0 Å². The maximum absolute atomic E-state index is 13.1. The third-order valence-corrected chi connectivity index (χ3v) is 3.74. The molecule has 21 heavy (non-hydrogen) atoms. The number of ether oxygens (including phenoxy) is 1. The van der Waals surface area contributed by atoms with E-state index in [4.69, 9.17) is 4.74 Å². The molecule has 0 aromatic heterocycles. The molecule has 2 aliphatic rings. The number of rotatable bonds is 1. The van der Waals surface area contributed by atoms with Crippen LogP contribution in [-0.2, 0) is 9.53 Å². The highest BCUT2D eigenvalue weighted by molar-refractivity contribution is 5.87. The molecule has 0 spiro atoms. The highest BCUT2D eigenvalue weighted by Crippen LogP contribution is 2.30. The zero-order chi connectivity index (χ0) is 15.8.